The summed E-state index contributed by atoms with van der Waals surface area (Å²) < 4.78 is 5.23. The van der Waals surface area contributed by atoms with Crippen molar-refractivity contribution < 1.29 is 14.3 Å². The predicted octanol–water partition coefficient (Wildman–Crippen LogP) is 2.20. The van der Waals surface area contributed by atoms with Gasteiger partial charge in [0.1, 0.15) is 5.54 Å². The zero-order valence-corrected chi connectivity index (χ0v) is 12.0. The summed E-state index contributed by atoms with van der Waals surface area (Å²) >= 11 is 12.0. The van der Waals surface area contributed by atoms with Gasteiger partial charge in [-0.2, -0.15) is 0 Å². The second-order valence-electron chi connectivity index (χ2n) is 4.94. The van der Waals surface area contributed by atoms with E-state index in [0.717, 1.165) is 4.90 Å². The predicted molar refractivity (Wildman–Crippen MR) is 73.7 cm³/mol. The number of imide groups is 1. The van der Waals surface area contributed by atoms with Crippen molar-refractivity contribution in [3.63, 3.8) is 0 Å². The smallest absolute Gasteiger partial charge is 0.325 e. The highest BCUT2D eigenvalue weighted by molar-refractivity contribution is 6.33. The number of hydrogen-bond acceptors (Lipinski definition) is 3. The SMILES string of the molecule is O=C1NC2(CCOC2)C(=O)N1Cc1cc(Cl)ccc1Cl. The van der Waals surface area contributed by atoms with Crippen molar-refractivity contribution in [2.24, 2.45) is 0 Å². The molecule has 0 aromatic heterocycles. The molecule has 1 spiro atoms. The van der Waals surface area contributed by atoms with Crippen LogP contribution in [0.4, 0.5) is 4.79 Å². The van der Waals surface area contributed by atoms with Crippen molar-refractivity contribution in [2.45, 2.75) is 18.5 Å². The Morgan fingerprint density at radius 2 is 2.15 bits per heavy atom. The molecule has 106 valence electrons. The van der Waals surface area contributed by atoms with Gasteiger partial charge in [0.2, 0.25) is 0 Å². The van der Waals surface area contributed by atoms with Crippen LogP contribution in [0.5, 0.6) is 0 Å². The van der Waals surface area contributed by atoms with Crippen LogP contribution in [0.1, 0.15) is 12.0 Å². The lowest BCUT2D eigenvalue weighted by molar-refractivity contribution is -0.131. The molecule has 2 heterocycles. The van der Waals surface area contributed by atoms with E-state index in [4.69, 9.17) is 27.9 Å². The minimum atomic E-state index is -0.901. The van der Waals surface area contributed by atoms with Gasteiger partial charge in [-0.05, 0) is 23.8 Å². The van der Waals surface area contributed by atoms with E-state index < -0.39 is 11.6 Å². The fourth-order valence-corrected chi connectivity index (χ4v) is 2.86. The first kappa shape index (κ1) is 13.7. The molecule has 2 saturated heterocycles. The van der Waals surface area contributed by atoms with Crippen LogP contribution in [0.25, 0.3) is 0 Å². The van der Waals surface area contributed by atoms with E-state index in [9.17, 15) is 9.59 Å². The summed E-state index contributed by atoms with van der Waals surface area (Å²) in [5.74, 6) is -0.268. The maximum absolute atomic E-state index is 12.4. The average Bonchev–Trinajstić information content (AvgIpc) is 2.96. The van der Waals surface area contributed by atoms with Gasteiger partial charge in [0, 0.05) is 23.1 Å². The first-order chi connectivity index (χ1) is 9.52. The standard InChI is InChI=1S/C13H12Cl2N2O3/c14-9-1-2-10(15)8(5-9)6-17-11(18)13(16-12(17)19)3-4-20-7-13/h1-2,5H,3-4,6-7H2,(H,16,19). The van der Waals surface area contributed by atoms with E-state index in [1.54, 1.807) is 18.2 Å². The minimum absolute atomic E-state index is 0.103. The van der Waals surface area contributed by atoms with Crippen molar-refractivity contribution in [1.82, 2.24) is 10.2 Å². The number of carbonyl (C=O) groups excluding carboxylic acids is 2. The Bertz CT molecular complexity index is 585. The Labute approximate surface area is 125 Å². The lowest BCUT2D eigenvalue weighted by Crippen LogP contribution is -2.47. The summed E-state index contributed by atoms with van der Waals surface area (Å²) in [7, 11) is 0. The molecule has 1 aromatic carbocycles. The molecular weight excluding hydrogens is 303 g/mol. The second-order valence-corrected chi connectivity index (χ2v) is 5.79. The van der Waals surface area contributed by atoms with Crippen LogP contribution in [-0.4, -0.2) is 35.6 Å². The Kier molecular flexibility index (Phi) is 3.36. The fraction of sp³-hybridized carbons (Fsp3) is 0.385. The normalized spacial score (nSPS) is 25.6. The van der Waals surface area contributed by atoms with Gasteiger partial charge >= 0.3 is 6.03 Å². The number of ether oxygens (including phenoxy) is 1. The lowest BCUT2D eigenvalue weighted by Gasteiger charge is -2.18. The van der Waals surface area contributed by atoms with E-state index in [-0.39, 0.29) is 19.1 Å². The number of carbonyl (C=O) groups is 2. The molecule has 2 aliphatic rings. The lowest BCUT2D eigenvalue weighted by atomic mass is 9.99. The zero-order valence-electron chi connectivity index (χ0n) is 10.5. The van der Waals surface area contributed by atoms with Gasteiger partial charge in [-0.1, -0.05) is 23.2 Å². The quantitative estimate of drug-likeness (QED) is 0.851. The van der Waals surface area contributed by atoms with Crippen LogP contribution in [0.15, 0.2) is 18.2 Å². The molecule has 1 unspecified atom stereocenters. The van der Waals surface area contributed by atoms with Gasteiger partial charge in [0.25, 0.3) is 5.91 Å². The Balaban J connectivity index is 1.86. The van der Waals surface area contributed by atoms with Gasteiger partial charge in [-0.25, -0.2) is 4.79 Å². The summed E-state index contributed by atoms with van der Waals surface area (Å²) in [5, 5.41) is 3.70. The van der Waals surface area contributed by atoms with Gasteiger partial charge in [-0.15, -0.1) is 0 Å². The fourth-order valence-electron chi connectivity index (χ4n) is 2.49. The highest BCUT2D eigenvalue weighted by Gasteiger charge is 2.53. The minimum Gasteiger partial charge on any atom is -0.378 e. The summed E-state index contributed by atoms with van der Waals surface area (Å²) in [6.07, 6.45) is 0.497. The van der Waals surface area contributed by atoms with Crippen molar-refractivity contribution >= 4 is 35.1 Å². The largest absolute Gasteiger partial charge is 0.378 e. The van der Waals surface area contributed by atoms with Crippen molar-refractivity contribution in [2.75, 3.05) is 13.2 Å². The van der Waals surface area contributed by atoms with Crippen LogP contribution in [0, 0.1) is 0 Å². The van der Waals surface area contributed by atoms with Gasteiger partial charge < -0.3 is 10.1 Å². The second kappa shape index (κ2) is 4.91. The molecule has 0 radical (unpaired) electrons. The Hall–Kier alpha value is -1.30. The van der Waals surface area contributed by atoms with Crippen LogP contribution in [0.2, 0.25) is 10.0 Å². The molecule has 5 nitrogen and oxygen atoms in total. The molecule has 0 bridgehead atoms. The van der Waals surface area contributed by atoms with E-state index in [2.05, 4.69) is 5.32 Å². The van der Waals surface area contributed by atoms with Crippen molar-refractivity contribution in [3.8, 4) is 0 Å². The molecule has 2 aliphatic heterocycles. The molecule has 3 rings (SSSR count). The summed E-state index contributed by atoms with van der Waals surface area (Å²) in [4.78, 5) is 25.6. The zero-order chi connectivity index (χ0) is 14.3. The summed E-state index contributed by atoms with van der Waals surface area (Å²) in [6.45, 7) is 0.793. The Morgan fingerprint density at radius 1 is 1.35 bits per heavy atom. The number of nitrogens with zero attached hydrogens (tertiary/aromatic N) is 1. The van der Waals surface area contributed by atoms with Gasteiger partial charge in [0.15, 0.2) is 0 Å². The van der Waals surface area contributed by atoms with E-state index >= 15 is 0 Å². The molecule has 2 fully saturated rings. The molecule has 7 heteroatoms. The topological polar surface area (TPSA) is 58.6 Å². The monoisotopic (exact) mass is 314 g/mol. The van der Waals surface area contributed by atoms with Crippen LogP contribution < -0.4 is 5.32 Å². The van der Waals surface area contributed by atoms with Crippen LogP contribution in [-0.2, 0) is 16.1 Å². The molecule has 1 aromatic rings. The van der Waals surface area contributed by atoms with Crippen LogP contribution >= 0.6 is 23.2 Å². The van der Waals surface area contributed by atoms with Crippen molar-refractivity contribution in [1.29, 1.82) is 0 Å². The molecule has 3 amide bonds. The van der Waals surface area contributed by atoms with Gasteiger partial charge in [0.05, 0.1) is 13.2 Å². The number of halogens is 2. The molecule has 0 saturated carbocycles. The van der Waals surface area contributed by atoms with Crippen LogP contribution in [0.3, 0.4) is 0 Å². The van der Waals surface area contributed by atoms with E-state index in [1.165, 1.54) is 0 Å². The third-order valence-electron chi connectivity index (χ3n) is 3.60. The third-order valence-corrected chi connectivity index (χ3v) is 4.21. The summed E-state index contributed by atoms with van der Waals surface area (Å²) in [6, 6.07) is 4.54. The number of rotatable bonds is 2. The van der Waals surface area contributed by atoms with Gasteiger partial charge in [-0.3, -0.25) is 9.69 Å². The van der Waals surface area contributed by atoms with E-state index in [1.807, 2.05) is 0 Å². The maximum atomic E-state index is 12.4. The van der Waals surface area contributed by atoms with Crippen molar-refractivity contribution in [3.05, 3.63) is 33.8 Å². The first-order valence-corrected chi connectivity index (χ1v) is 6.93. The molecule has 1 N–H and O–H groups in total. The molecule has 0 aliphatic carbocycles. The number of amides is 3. The summed E-state index contributed by atoms with van der Waals surface area (Å²) in [5.41, 5.74) is -0.263. The number of benzene rings is 1. The molecule has 1 atom stereocenters. The first-order valence-electron chi connectivity index (χ1n) is 6.18. The molecule has 20 heavy (non-hydrogen) atoms. The molecular formula is C13H12Cl2N2O3. The van der Waals surface area contributed by atoms with E-state index in [0.29, 0.717) is 28.6 Å². The maximum Gasteiger partial charge on any atom is 0.325 e. The number of hydrogen-bond donors (Lipinski definition) is 1. The third kappa shape index (κ3) is 2.16. The highest BCUT2D eigenvalue weighted by Crippen LogP contribution is 2.29. The average molecular weight is 315 g/mol. The number of nitrogens with one attached hydrogen (secondary N) is 1. The highest BCUT2D eigenvalue weighted by atomic mass is 35.5. The number of urea groups is 1. The Morgan fingerprint density at radius 3 is 2.85 bits per heavy atom.